The number of nitrogens with zero attached hydrogens (tertiary/aromatic N) is 1. The summed E-state index contributed by atoms with van der Waals surface area (Å²) in [7, 11) is 0. The lowest BCUT2D eigenvalue weighted by Crippen LogP contribution is -2.27. The van der Waals surface area contributed by atoms with Crippen molar-refractivity contribution < 1.29 is 4.92 Å². The van der Waals surface area contributed by atoms with E-state index >= 15 is 0 Å². The van der Waals surface area contributed by atoms with Crippen LogP contribution in [-0.2, 0) is 5.41 Å². The Hall–Kier alpha value is -2.07. The lowest BCUT2D eigenvalue weighted by molar-refractivity contribution is -0.383. The van der Waals surface area contributed by atoms with Crippen molar-refractivity contribution in [3.63, 3.8) is 0 Å². The normalized spacial score (nSPS) is 11.2. The van der Waals surface area contributed by atoms with Crippen molar-refractivity contribution >= 4 is 23.0 Å². The summed E-state index contributed by atoms with van der Waals surface area (Å²) in [5.41, 5.74) is 1.37. The van der Waals surface area contributed by atoms with Crippen LogP contribution >= 0.6 is 11.6 Å². The van der Waals surface area contributed by atoms with E-state index in [4.69, 9.17) is 11.6 Å². The van der Waals surface area contributed by atoms with Gasteiger partial charge in [-0.05, 0) is 17.7 Å². The average molecular weight is 305 g/mol. The average Bonchev–Trinajstić information content (AvgIpc) is 2.46. The van der Waals surface area contributed by atoms with E-state index in [1.54, 1.807) is 12.1 Å². The van der Waals surface area contributed by atoms with Crippen LogP contribution in [-0.4, -0.2) is 11.5 Å². The first-order chi connectivity index (χ1) is 9.92. The summed E-state index contributed by atoms with van der Waals surface area (Å²) < 4.78 is 0. The molecule has 110 valence electrons. The summed E-state index contributed by atoms with van der Waals surface area (Å²) in [5, 5.41) is 14.4. The Morgan fingerprint density at radius 1 is 1.14 bits per heavy atom. The highest BCUT2D eigenvalue weighted by molar-refractivity contribution is 6.33. The molecule has 5 heteroatoms. The minimum atomic E-state index is -0.458. The van der Waals surface area contributed by atoms with Crippen LogP contribution in [0, 0.1) is 10.1 Å². The first-order valence-corrected chi connectivity index (χ1v) is 7.02. The smallest absolute Gasteiger partial charge is 0.310 e. The third-order valence-electron chi connectivity index (χ3n) is 3.45. The SMILES string of the molecule is CC(C)(CNc1cccc(Cl)c1[N+](=O)[O-])c1ccccc1. The predicted molar refractivity (Wildman–Crippen MR) is 86.1 cm³/mol. The maximum absolute atomic E-state index is 11.1. The summed E-state index contributed by atoms with van der Waals surface area (Å²) in [5.74, 6) is 0. The number of hydrogen-bond donors (Lipinski definition) is 1. The van der Waals surface area contributed by atoms with Gasteiger partial charge in [-0.3, -0.25) is 10.1 Å². The number of halogens is 1. The molecule has 0 spiro atoms. The van der Waals surface area contributed by atoms with E-state index in [1.807, 2.05) is 30.3 Å². The van der Waals surface area contributed by atoms with Gasteiger partial charge in [0.2, 0.25) is 0 Å². The van der Waals surface area contributed by atoms with Crippen molar-refractivity contribution in [2.45, 2.75) is 19.3 Å². The number of anilines is 1. The summed E-state index contributed by atoms with van der Waals surface area (Å²) in [6.45, 7) is 4.75. The van der Waals surface area contributed by atoms with Gasteiger partial charge in [0.25, 0.3) is 0 Å². The molecule has 0 aliphatic carbocycles. The number of nitrogens with one attached hydrogen (secondary N) is 1. The maximum Gasteiger partial charge on any atom is 0.310 e. The molecule has 0 aliphatic rings. The highest BCUT2D eigenvalue weighted by Gasteiger charge is 2.23. The Morgan fingerprint density at radius 3 is 2.43 bits per heavy atom. The molecule has 2 aromatic rings. The number of nitro groups is 1. The monoisotopic (exact) mass is 304 g/mol. The van der Waals surface area contributed by atoms with Gasteiger partial charge < -0.3 is 5.32 Å². The second kappa shape index (κ2) is 6.14. The van der Waals surface area contributed by atoms with Crippen LogP contribution in [0.2, 0.25) is 5.02 Å². The van der Waals surface area contributed by atoms with Gasteiger partial charge in [-0.1, -0.05) is 61.8 Å². The van der Waals surface area contributed by atoms with Crippen LogP contribution < -0.4 is 5.32 Å². The summed E-state index contributed by atoms with van der Waals surface area (Å²) in [4.78, 5) is 10.7. The van der Waals surface area contributed by atoms with Crippen molar-refractivity contribution in [2.24, 2.45) is 0 Å². The van der Waals surface area contributed by atoms with Crippen molar-refractivity contribution in [2.75, 3.05) is 11.9 Å². The van der Waals surface area contributed by atoms with Crippen molar-refractivity contribution in [1.29, 1.82) is 0 Å². The number of hydrogen-bond acceptors (Lipinski definition) is 3. The summed E-state index contributed by atoms with van der Waals surface area (Å²) >= 11 is 5.91. The molecule has 0 heterocycles. The Labute approximate surface area is 128 Å². The number of nitro benzene ring substituents is 1. The molecule has 0 fully saturated rings. The van der Waals surface area contributed by atoms with Crippen LogP contribution in [0.15, 0.2) is 48.5 Å². The number of benzene rings is 2. The Balaban J connectivity index is 2.21. The molecule has 0 bridgehead atoms. The van der Waals surface area contributed by atoms with E-state index in [0.717, 1.165) is 0 Å². The van der Waals surface area contributed by atoms with E-state index in [9.17, 15) is 10.1 Å². The molecular formula is C16H17ClN2O2. The fourth-order valence-electron chi connectivity index (χ4n) is 2.15. The largest absolute Gasteiger partial charge is 0.379 e. The van der Waals surface area contributed by atoms with Gasteiger partial charge in [0.1, 0.15) is 10.7 Å². The van der Waals surface area contributed by atoms with Gasteiger partial charge in [0.05, 0.1) is 4.92 Å². The minimum Gasteiger partial charge on any atom is -0.379 e. The van der Waals surface area contributed by atoms with Gasteiger partial charge in [0.15, 0.2) is 0 Å². The standard InChI is InChI=1S/C16H17ClN2O2/c1-16(2,12-7-4-3-5-8-12)11-18-14-10-6-9-13(17)15(14)19(20)21/h3-10,18H,11H2,1-2H3. The maximum atomic E-state index is 11.1. The lowest BCUT2D eigenvalue weighted by atomic mass is 9.84. The van der Waals surface area contributed by atoms with Gasteiger partial charge in [-0.2, -0.15) is 0 Å². The molecule has 0 aromatic heterocycles. The van der Waals surface area contributed by atoms with Crippen LogP contribution in [0.5, 0.6) is 0 Å². The van der Waals surface area contributed by atoms with Crippen LogP contribution in [0.3, 0.4) is 0 Å². The zero-order valence-corrected chi connectivity index (χ0v) is 12.7. The van der Waals surface area contributed by atoms with Crippen LogP contribution in [0.1, 0.15) is 19.4 Å². The van der Waals surface area contributed by atoms with Crippen LogP contribution in [0.25, 0.3) is 0 Å². The van der Waals surface area contributed by atoms with Gasteiger partial charge in [-0.25, -0.2) is 0 Å². The second-order valence-corrected chi connectivity index (χ2v) is 5.90. The topological polar surface area (TPSA) is 55.2 Å². The molecule has 0 saturated heterocycles. The number of para-hydroxylation sites is 1. The third kappa shape index (κ3) is 3.52. The Kier molecular flexibility index (Phi) is 4.48. The molecule has 1 N–H and O–H groups in total. The first kappa shape index (κ1) is 15.3. The zero-order chi connectivity index (χ0) is 15.5. The molecular weight excluding hydrogens is 288 g/mol. The lowest BCUT2D eigenvalue weighted by Gasteiger charge is -2.26. The molecule has 21 heavy (non-hydrogen) atoms. The van der Waals surface area contributed by atoms with Crippen molar-refractivity contribution in [3.05, 3.63) is 69.2 Å². The van der Waals surface area contributed by atoms with Gasteiger partial charge >= 0.3 is 5.69 Å². The predicted octanol–water partition coefficient (Wildman–Crippen LogP) is 4.64. The summed E-state index contributed by atoms with van der Waals surface area (Å²) in [6.07, 6.45) is 0. The van der Waals surface area contributed by atoms with E-state index < -0.39 is 4.92 Å². The molecule has 2 aromatic carbocycles. The number of rotatable bonds is 5. The minimum absolute atomic E-state index is 0.0805. The molecule has 0 amide bonds. The first-order valence-electron chi connectivity index (χ1n) is 6.64. The summed E-state index contributed by atoms with van der Waals surface area (Å²) in [6, 6.07) is 14.9. The van der Waals surface area contributed by atoms with Gasteiger partial charge in [-0.15, -0.1) is 0 Å². The fraction of sp³-hybridized carbons (Fsp3) is 0.250. The zero-order valence-electron chi connectivity index (χ0n) is 12.0. The molecule has 0 saturated carbocycles. The fourth-order valence-corrected chi connectivity index (χ4v) is 2.39. The van der Waals surface area contributed by atoms with Crippen LogP contribution in [0.4, 0.5) is 11.4 Å². The van der Waals surface area contributed by atoms with Gasteiger partial charge in [0, 0.05) is 12.0 Å². The van der Waals surface area contributed by atoms with Crippen molar-refractivity contribution in [3.8, 4) is 0 Å². The third-order valence-corrected chi connectivity index (χ3v) is 3.75. The highest BCUT2D eigenvalue weighted by atomic mass is 35.5. The molecule has 2 rings (SSSR count). The van der Waals surface area contributed by atoms with E-state index in [-0.39, 0.29) is 16.1 Å². The molecule has 4 nitrogen and oxygen atoms in total. The highest BCUT2D eigenvalue weighted by Crippen LogP contribution is 2.33. The molecule has 0 atom stereocenters. The molecule has 0 aliphatic heterocycles. The van der Waals surface area contributed by atoms with Crippen molar-refractivity contribution in [1.82, 2.24) is 0 Å². The molecule has 0 radical (unpaired) electrons. The Bertz CT molecular complexity index is 642. The molecule has 0 unspecified atom stereocenters. The van der Waals surface area contributed by atoms with E-state index in [1.165, 1.54) is 11.6 Å². The van der Waals surface area contributed by atoms with E-state index in [2.05, 4.69) is 19.2 Å². The Morgan fingerprint density at radius 2 is 1.81 bits per heavy atom. The second-order valence-electron chi connectivity index (χ2n) is 5.50. The quantitative estimate of drug-likeness (QED) is 0.647. The van der Waals surface area contributed by atoms with E-state index in [0.29, 0.717) is 12.2 Å².